The van der Waals surface area contributed by atoms with Crippen LogP contribution in [0.3, 0.4) is 0 Å². The molecule has 0 radical (unpaired) electrons. The van der Waals surface area contributed by atoms with Crippen molar-refractivity contribution in [1.29, 1.82) is 0 Å². The van der Waals surface area contributed by atoms with Crippen molar-refractivity contribution < 1.29 is 4.74 Å². The molecule has 5 heteroatoms. The van der Waals surface area contributed by atoms with Crippen LogP contribution in [0.25, 0.3) is 0 Å². The molecule has 0 unspecified atom stereocenters. The molecule has 0 bridgehead atoms. The summed E-state index contributed by atoms with van der Waals surface area (Å²) in [5.41, 5.74) is 2.78. The van der Waals surface area contributed by atoms with Crippen molar-refractivity contribution in [1.82, 2.24) is 4.98 Å². The Hall–Kier alpha value is -1.45. The summed E-state index contributed by atoms with van der Waals surface area (Å²) in [7, 11) is 3.53. The zero-order chi connectivity index (χ0) is 14.0. The lowest BCUT2D eigenvalue weighted by Gasteiger charge is -2.24. The Morgan fingerprint density at radius 3 is 2.58 bits per heavy atom. The fourth-order valence-corrected chi connectivity index (χ4v) is 2.40. The molecule has 0 saturated carbocycles. The zero-order valence-corrected chi connectivity index (χ0v) is 12.5. The summed E-state index contributed by atoms with van der Waals surface area (Å²) in [5, 5.41) is 0.968. The average molecular weight is 297 g/mol. The van der Waals surface area contributed by atoms with Gasteiger partial charge in [0.15, 0.2) is 0 Å². The highest BCUT2D eigenvalue weighted by molar-refractivity contribution is 6.44. The van der Waals surface area contributed by atoms with Crippen LogP contribution < -0.4 is 9.64 Å². The summed E-state index contributed by atoms with van der Waals surface area (Å²) in [6.45, 7) is 1.99. The van der Waals surface area contributed by atoms with E-state index in [2.05, 4.69) is 4.98 Å². The van der Waals surface area contributed by atoms with Crippen LogP contribution in [0.4, 0.5) is 11.4 Å². The van der Waals surface area contributed by atoms with Gasteiger partial charge in [0.1, 0.15) is 11.4 Å². The minimum Gasteiger partial charge on any atom is -0.495 e. The first-order chi connectivity index (χ1) is 9.06. The zero-order valence-electron chi connectivity index (χ0n) is 10.9. The molecule has 0 aliphatic heterocycles. The van der Waals surface area contributed by atoms with Gasteiger partial charge in [-0.2, -0.15) is 0 Å². The fourth-order valence-electron chi connectivity index (χ4n) is 1.96. The van der Waals surface area contributed by atoms with Gasteiger partial charge in [-0.15, -0.1) is 0 Å². The molecular formula is C14H14Cl2N2O. The summed E-state index contributed by atoms with van der Waals surface area (Å²) in [5.74, 6) is 0.674. The first-order valence-electron chi connectivity index (χ1n) is 5.72. The van der Waals surface area contributed by atoms with E-state index in [-0.39, 0.29) is 0 Å². The normalized spacial score (nSPS) is 10.4. The van der Waals surface area contributed by atoms with E-state index in [1.165, 1.54) is 0 Å². The van der Waals surface area contributed by atoms with Crippen molar-refractivity contribution in [2.45, 2.75) is 6.92 Å². The van der Waals surface area contributed by atoms with E-state index in [0.29, 0.717) is 15.8 Å². The lowest BCUT2D eigenvalue weighted by Crippen LogP contribution is -2.13. The van der Waals surface area contributed by atoms with E-state index >= 15 is 0 Å². The number of ether oxygens (including phenoxy) is 1. The van der Waals surface area contributed by atoms with Crippen LogP contribution in [-0.2, 0) is 0 Å². The SMILES string of the molecule is COc1ccc(Cl)c(Cl)c1N(C)c1ccncc1C. The Morgan fingerprint density at radius 1 is 1.21 bits per heavy atom. The summed E-state index contributed by atoms with van der Waals surface area (Å²) in [6, 6.07) is 5.45. The third kappa shape index (κ3) is 2.62. The van der Waals surface area contributed by atoms with Gasteiger partial charge < -0.3 is 9.64 Å². The van der Waals surface area contributed by atoms with E-state index in [1.807, 2.05) is 24.9 Å². The molecule has 0 spiro atoms. The summed E-state index contributed by atoms with van der Waals surface area (Å²) >= 11 is 12.4. The molecule has 0 atom stereocenters. The second-order valence-electron chi connectivity index (χ2n) is 4.13. The van der Waals surface area contributed by atoms with Crippen molar-refractivity contribution in [3.63, 3.8) is 0 Å². The largest absolute Gasteiger partial charge is 0.495 e. The molecule has 0 amide bonds. The lowest BCUT2D eigenvalue weighted by molar-refractivity contribution is 0.415. The molecule has 100 valence electrons. The first-order valence-corrected chi connectivity index (χ1v) is 6.48. The molecule has 2 rings (SSSR count). The maximum atomic E-state index is 6.31. The number of nitrogens with zero attached hydrogens (tertiary/aromatic N) is 2. The average Bonchev–Trinajstić information content (AvgIpc) is 2.41. The Kier molecular flexibility index (Phi) is 4.17. The van der Waals surface area contributed by atoms with Crippen LogP contribution in [0.2, 0.25) is 10.0 Å². The highest BCUT2D eigenvalue weighted by Crippen LogP contribution is 2.42. The van der Waals surface area contributed by atoms with Gasteiger partial charge >= 0.3 is 0 Å². The molecule has 0 aliphatic rings. The molecule has 3 nitrogen and oxygen atoms in total. The standard InChI is InChI=1S/C14H14Cl2N2O/c1-9-8-17-7-6-11(9)18(2)14-12(19-3)5-4-10(15)13(14)16/h4-8H,1-3H3. The van der Waals surface area contributed by atoms with E-state index in [9.17, 15) is 0 Å². The van der Waals surface area contributed by atoms with E-state index in [4.69, 9.17) is 27.9 Å². The number of methoxy groups -OCH3 is 1. The molecule has 0 saturated heterocycles. The smallest absolute Gasteiger partial charge is 0.144 e. The van der Waals surface area contributed by atoms with Gasteiger partial charge in [0.2, 0.25) is 0 Å². The molecule has 1 heterocycles. The van der Waals surface area contributed by atoms with Gasteiger partial charge in [0, 0.05) is 25.1 Å². The van der Waals surface area contributed by atoms with Crippen molar-refractivity contribution >= 4 is 34.6 Å². The van der Waals surface area contributed by atoms with Crippen LogP contribution in [0.5, 0.6) is 5.75 Å². The predicted octanol–water partition coefficient (Wildman–Crippen LogP) is 4.47. The monoisotopic (exact) mass is 296 g/mol. The molecule has 2 aromatic rings. The van der Waals surface area contributed by atoms with Gasteiger partial charge in [-0.1, -0.05) is 23.2 Å². The Labute approximate surface area is 122 Å². The highest BCUT2D eigenvalue weighted by Gasteiger charge is 2.17. The van der Waals surface area contributed by atoms with Crippen LogP contribution in [0.15, 0.2) is 30.6 Å². The quantitative estimate of drug-likeness (QED) is 0.835. The number of benzene rings is 1. The van der Waals surface area contributed by atoms with Crippen LogP contribution in [-0.4, -0.2) is 19.1 Å². The topological polar surface area (TPSA) is 25.4 Å². The third-order valence-corrected chi connectivity index (χ3v) is 3.73. The summed E-state index contributed by atoms with van der Waals surface area (Å²) in [6.07, 6.45) is 3.54. The van der Waals surface area contributed by atoms with Crippen LogP contribution in [0.1, 0.15) is 5.56 Å². The molecular weight excluding hydrogens is 283 g/mol. The molecule has 1 aromatic carbocycles. The number of aryl methyl sites for hydroxylation is 1. The Bertz CT molecular complexity index is 602. The predicted molar refractivity (Wildman–Crippen MR) is 80.1 cm³/mol. The first kappa shape index (κ1) is 14.0. The number of rotatable bonds is 3. The minimum atomic E-state index is 0.472. The lowest BCUT2D eigenvalue weighted by atomic mass is 10.2. The van der Waals surface area contributed by atoms with Crippen molar-refractivity contribution in [3.05, 3.63) is 46.2 Å². The van der Waals surface area contributed by atoms with Gasteiger partial charge in [0.25, 0.3) is 0 Å². The molecule has 1 aromatic heterocycles. The summed E-state index contributed by atoms with van der Waals surface area (Å²) in [4.78, 5) is 6.04. The number of hydrogen-bond donors (Lipinski definition) is 0. The fraction of sp³-hybridized carbons (Fsp3) is 0.214. The van der Waals surface area contributed by atoms with Crippen molar-refractivity contribution in [2.75, 3.05) is 19.1 Å². The number of anilines is 2. The van der Waals surface area contributed by atoms with Crippen LogP contribution >= 0.6 is 23.2 Å². The molecule has 19 heavy (non-hydrogen) atoms. The number of pyridine rings is 1. The Morgan fingerprint density at radius 2 is 1.95 bits per heavy atom. The second-order valence-corrected chi connectivity index (χ2v) is 4.92. The molecule has 0 N–H and O–H groups in total. The van der Waals surface area contributed by atoms with Crippen LogP contribution in [0, 0.1) is 6.92 Å². The maximum absolute atomic E-state index is 6.31. The minimum absolute atomic E-state index is 0.472. The van der Waals surface area contributed by atoms with E-state index < -0.39 is 0 Å². The molecule has 0 aliphatic carbocycles. The number of aromatic nitrogens is 1. The summed E-state index contributed by atoms with van der Waals surface area (Å²) < 4.78 is 5.36. The highest BCUT2D eigenvalue weighted by atomic mass is 35.5. The number of hydrogen-bond acceptors (Lipinski definition) is 3. The van der Waals surface area contributed by atoms with Gasteiger partial charge in [-0.3, -0.25) is 4.98 Å². The van der Waals surface area contributed by atoms with E-state index in [1.54, 1.807) is 31.6 Å². The molecule has 0 fully saturated rings. The van der Waals surface area contributed by atoms with Gasteiger partial charge in [0.05, 0.1) is 17.2 Å². The third-order valence-electron chi connectivity index (χ3n) is 2.94. The van der Waals surface area contributed by atoms with Gasteiger partial charge in [-0.05, 0) is 30.7 Å². The Balaban J connectivity index is 2.58. The van der Waals surface area contributed by atoms with E-state index in [0.717, 1.165) is 16.9 Å². The van der Waals surface area contributed by atoms with Crippen molar-refractivity contribution in [3.8, 4) is 5.75 Å². The maximum Gasteiger partial charge on any atom is 0.144 e. The van der Waals surface area contributed by atoms with Gasteiger partial charge in [-0.25, -0.2) is 0 Å². The second kappa shape index (κ2) is 5.68. The van der Waals surface area contributed by atoms with Crippen molar-refractivity contribution in [2.24, 2.45) is 0 Å². The number of halogens is 2.